The van der Waals surface area contributed by atoms with Crippen LogP contribution >= 0.6 is 0 Å². The minimum absolute atomic E-state index is 0.0110. The summed E-state index contributed by atoms with van der Waals surface area (Å²) in [5.74, 6) is 0.390. The van der Waals surface area contributed by atoms with Gasteiger partial charge in [0, 0.05) is 0 Å². The predicted molar refractivity (Wildman–Crippen MR) is 84.6 cm³/mol. The van der Waals surface area contributed by atoms with Crippen molar-refractivity contribution in [3.8, 4) is 5.75 Å². The molecule has 2 aromatic rings. The molecule has 1 N–H and O–H groups in total. The van der Waals surface area contributed by atoms with Crippen molar-refractivity contribution in [3.05, 3.63) is 77.9 Å². The van der Waals surface area contributed by atoms with Crippen LogP contribution in [0.5, 0.6) is 5.75 Å². The van der Waals surface area contributed by atoms with Crippen molar-refractivity contribution in [1.29, 1.82) is 0 Å². The van der Waals surface area contributed by atoms with Gasteiger partial charge >= 0.3 is 0 Å². The summed E-state index contributed by atoms with van der Waals surface area (Å²) in [4.78, 5) is 11.7. The number of allylic oxidation sites excluding steroid dienone is 1. The maximum atomic E-state index is 11.7. The van der Waals surface area contributed by atoms with Crippen molar-refractivity contribution in [3.63, 3.8) is 0 Å². The number of ether oxygens (including phenoxy) is 1. The van der Waals surface area contributed by atoms with Crippen LogP contribution in [0.1, 0.15) is 11.1 Å². The quantitative estimate of drug-likeness (QED) is 0.922. The van der Waals surface area contributed by atoms with Crippen molar-refractivity contribution in [2.24, 2.45) is 5.92 Å². The third-order valence-corrected chi connectivity index (χ3v) is 3.84. The predicted octanol–water partition coefficient (Wildman–Crippen LogP) is 2.92. The van der Waals surface area contributed by atoms with E-state index in [1.54, 1.807) is 6.08 Å². The number of hydrogen-bond acceptors (Lipinski definition) is 3. The lowest BCUT2D eigenvalue weighted by molar-refractivity contribution is -0.119. The van der Waals surface area contributed by atoms with E-state index in [4.69, 9.17) is 4.74 Å². The Hall–Kier alpha value is -2.39. The zero-order chi connectivity index (χ0) is 15.4. The van der Waals surface area contributed by atoms with Crippen LogP contribution < -0.4 is 4.74 Å². The zero-order valence-corrected chi connectivity index (χ0v) is 12.2. The first-order valence-electron chi connectivity index (χ1n) is 7.38. The van der Waals surface area contributed by atoms with Gasteiger partial charge in [-0.05, 0) is 35.8 Å². The normalized spacial score (nSPS) is 20.3. The van der Waals surface area contributed by atoms with Crippen molar-refractivity contribution in [2.75, 3.05) is 0 Å². The summed E-state index contributed by atoms with van der Waals surface area (Å²) >= 11 is 0. The number of benzene rings is 2. The van der Waals surface area contributed by atoms with E-state index in [1.165, 1.54) is 6.08 Å². The number of aliphatic hydroxyl groups is 1. The van der Waals surface area contributed by atoms with Crippen molar-refractivity contribution >= 4 is 5.78 Å². The van der Waals surface area contributed by atoms with E-state index in [-0.39, 0.29) is 11.7 Å². The molecule has 0 heterocycles. The Kier molecular flexibility index (Phi) is 4.35. The minimum atomic E-state index is -0.679. The maximum Gasteiger partial charge on any atom is 0.161 e. The van der Waals surface area contributed by atoms with Gasteiger partial charge in [0.25, 0.3) is 0 Å². The van der Waals surface area contributed by atoms with E-state index in [1.807, 2.05) is 54.6 Å². The Balaban J connectivity index is 1.64. The molecule has 1 aliphatic carbocycles. The molecular formula is C19H18O3. The lowest BCUT2D eigenvalue weighted by Crippen LogP contribution is -2.22. The second-order valence-corrected chi connectivity index (χ2v) is 5.48. The van der Waals surface area contributed by atoms with Crippen LogP contribution in [-0.2, 0) is 17.8 Å². The van der Waals surface area contributed by atoms with Crippen LogP contribution in [0.2, 0.25) is 0 Å². The van der Waals surface area contributed by atoms with Gasteiger partial charge in [0.1, 0.15) is 12.4 Å². The lowest BCUT2D eigenvalue weighted by Gasteiger charge is -2.14. The van der Waals surface area contributed by atoms with E-state index in [0.29, 0.717) is 13.0 Å². The van der Waals surface area contributed by atoms with Gasteiger partial charge in [0.05, 0.1) is 12.0 Å². The summed E-state index contributed by atoms with van der Waals surface area (Å²) in [6.45, 7) is 0.511. The van der Waals surface area contributed by atoms with Gasteiger partial charge in [-0.15, -0.1) is 0 Å². The van der Waals surface area contributed by atoms with E-state index in [9.17, 15) is 9.90 Å². The molecule has 2 atom stereocenters. The topological polar surface area (TPSA) is 46.5 Å². The van der Waals surface area contributed by atoms with Crippen molar-refractivity contribution in [1.82, 2.24) is 0 Å². The monoisotopic (exact) mass is 294 g/mol. The number of rotatable bonds is 5. The molecule has 0 radical (unpaired) electrons. The molecular weight excluding hydrogens is 276 g/mol. The van der Waals surface area contributed by atoms with Gasteiger partial charge in [0.2, 0.25) is 0 Å². The van der Waals surface area contributed by atoms with E-state index in [2.05, 4.69) is 0 Å². The van der Waals surface area contributed by atoms with Crippen molar-refractivity contribution in [2.45, 2.75) is 19.1 Å². The van der Waals surface area contributed by atoms with Crippen LogP contribution in [0.15, 0.2) is 66.7 Å². The highest BCUT2D eigenvalue weighted by atomic mass is 16.5. The van der Waals surface area contributed by atoms with Crippen molar-refractivity contribution < 1.29 is 14.6 Å². The molecule has 2 aromatic carbocycles. The molecule has 3 nitrogen and oxygen atoms in total. The van der Waals surface area contributed by atoms with Gasteiger partial charge in [-0.2, -0.15) is 0 Å². The summed E-state index contributed by atoms with van der Waals surface area (Å²) in [5, 5.41) is 9.80. The highest BCUT2D eigenvalue weighted by Crippen LogP contribution is 2.23. The van der Waals surface area contributed by atoms with Gasteiger partial charge in [0.15, 0.2) is 5.78 Å². The molecule has 0 bridgehead atoms. The van der Waals surface area contributed by atoms with Crippen LogP contribution in [0.3, 0.4) is 0 Å². The second kappa shape index (κ2) is 6.58. The van der Waals surface area contributed by atoms with Crippen LogP contribution in [0.4, 0.5) is 0 Å². The fraction of sp³-hybridized carbons (Fsp3) is 0.211. The number of ketones is 1. The molecule has 0 saturated heterocycles. The average Bonchev–Trinajstić information content (AvgIpc) is 2.86. The first-order valence-corrected chi connectivity index (χ1v) is 7.38. The number of aliphatic hydroxyl groups excluding tert-OH is 1. The van der Waals surface area contributed by atoms with Gasteiger partial charge < -0.3 is 9.84 Å². The molecule has 3 rings (SSSR count). The molecule has 0 fully saturated rings. The molecule has 0 aromatic heterocycles. The summed E-state index contributed by atoms with van der Waals surface area (Å²) in [6, 6.07) is 17.7. The maximum absolute atomic E-state index is 11.7. The highest BCUT2D eigenvalue weighted by molar-refractivity contribution is 5.95. The standard InChI is InChI=1S/C19H18O3/c20-18-9-10-19(21)17(18)12-15-7-4-8-16(11-15)22-13-14-5-2-1-3-6-14/h1-11,17-18,20H,12-13H2. The number of carbonyl (C=O) groups excluding carboxylic acids is 1. The Bertz CT molecular complexity index is 676. The second-order valence-electron chi connectivity index (χ2n) is 5.48. The summed E-state index contributed by atoms with van der Waals surface area (Å²) in [7, 11) is 0. The van der Waals surface area contributed by atoms with E-state index in [0.717, 1.165) is 16.9 Å². The highest BCUT2D eigenvalue weighted by Gasteiger charge is 2.28. The molecule has 0 spiro atoms. The molecule has 0 aliphatic heterocycles. The van der Waals surface area contributed by atoms with Crippen LogP contribution in [-0.4, -0.2) is 17.0 Å². The van der Waals surface area contributed by atoms with E-state index >= 15 is 0 Å². The molecule has 2 unspecified atom stereocenters. The molecule has 112 valence electrons. The Morgan fingerprint density at radius 3 is 2.50 bits per heavy atom. The first kappa shape index (κ1) is 14.5. The third kappa shape index (κ3) is 3.43. The van der Waals surface area contributed by atoms with Gasteiger partial charge in [-0.1, -0.05) is 48.5 Å². The third-order valence-electron chi connectivity index (χ3n) is 3.84. The van der Waals surface area contributed by atoms with Gasteiger partial charge in [-0.25, -0.2) is 0 Å². The minimum Gasteiger partial charge on any atom is -0.489 e. The first-order chi connectivity index (χ1) is 10.7. The molecule has 3 heteroatoms. The Morgan fingerprint density at radius 1 is 1.00 bits per heavy atom. The van der Waals surface area contributed by atoms with E-state index < -0.39 is 6.10 Å². The fourth-order valence-electron chi connectivity index (χ4n) is 2.60. The number of carbonyl (C=O) groups is 1. The number of hydrogen-bond donors (Lipinski definition) is 1. The smallest absolute Gasteiger partial charge is 0.161 e. The molecule has 0 saturated carbocycles. The summed E-state index contributed by atoms with van der Waals surface area (Å²) in [6.07, 6.45) is 2.87. The largest absolute Gasteiger partial charge is 0.489 e. The Morgan fingerprint density at radius 2 is 1.77 bits per heavy atom. The molecule has 0 amide bonds. The fourth-order valence-corrected chi connectivity index (χ4v) is 2.60. The summed E-state index contributed by atoms with van der Waals surface area (Å²) in [5.41, 5.74) is 2.10. The SMILES string of the molecule is O=C1C=CC(O)C1Cc1cccc(OCc2ccccc2)c1. The van der Waals surface area contributed by atoms with Gasteiger partial charge in [-0.3, -0.25) is 4.79 Å². The Labute approximate surface area is 129 Å². The molecule has 22 heavy (non-hydrogen) atoms. The van der Waals surface area contributed by atoms with Crippen LogP contribution in [0, 0.1) is 5.92 Å². The lowest BCUT2D eigenvalue weighted by atomic mass is 9.94. The summed E-state index contributed by atoms with van der Waals surface area (Å²) < 4.78 is 5.79. The zero-order valence-electron chi connectivity index (χ0n) is 12.2. The molecule has 1 aliphatic rings. The average molecular weight is 294 g/mol. The van der Waals surface area contributed by atoms with Crippen LogP contribution in [0.25, 0.3) is 0 Å².